The lowest BCUT2D eigenvalue weighted by molar-refractivity contribution is -0.240. The Labute approximate surface area is 145 Å². The third-order valence-electron chi connectivity index (χ3n) is 4.61. The van der Waals surface area contributed by atoms with E-state index in [1.165, 1.54) is 6.20 Å². The van der Waals surface area contributed by atoms with E-state index in [0.717, 1.165) is 10.6 Å². The average Bonchev–Trinajstić information content (AvgIpc) is 2.71. The fraction of sp³-hybridized carbons (Fsp3) is 0.667. The first-order chi connectivity index (χ1) is 11.8. The lowest BCUT2D eigenvalue weighted by Crippen LogP contribution is -2.51. The number of rotatable bonds is 3. The van der Waals surface area contributed by atoms with Crippen LogP contribution < -0.4 is 11.2 Å². The minimum absolute atomic E-state index is 0.0270. The molecule has 0 bridgehead atoms. The number of aromatic nitrogens is 2. The second kappa shape index (κ2) is 6.61. The van der Waals surface area contributed by atoms with Gasteiger partial charge >= 0.3 is 14.3 Å². The van der Waals surface area contributed by atoms with Crippen molar-refractivity contribution in [2.24, 2.45) is 0 Å². The molecule has 0 aliphatic carbocycles. The summed E-state index contributed by atoms with van der Waals surface area (Å²) in [6.07, 6.45) is -1.47. The van der Waals surface area contributed by atoms with Gasteiger partial charge in [0.15, 0.2) is 6.23 Å². The van der Waals surface area contributed by atoms with Crippen molar-refractivity contribution in [3.63, 3.8) is 0 Å². The van der Waals surface area contributed by atoms with Gasteiger partial charge in [-0.25, -0.2) is 9.68 Å². The molecule has 2 fully saturated rings. The van der Waals surface area contributed by atoms with Crippen LogP contribution in [-0.2, 0) is 23.4 Å². The lowest BCUT2D eigenvalue weighted by atomic mass is 10.1. The van der Waals surface area contributed by atoms with Crippen LogP contribution in [0.5, 0.6) is 0 Å². The highest BCUT2D eigenvalue weighted by atomic mass is 28.4. The number of fused-ring (bicyclic) bond motifs is 1. The first-order valence-corrected chi connectivity index (χ1v) is 10.2. The molecule has 2 saturated heterocycles. The van der Waals surface area contributed by atoms with Gasteiger partial charge in [0.2, 0.25) is 5.78 Å². The lowest BCUT2D eigenvalue weighted by Gasteiger charge is -2.35. The molecule has 3 atom stereocenters. The van der Waals surface area contributed by atoms with Crippen molar-refractivity contribution >= 4 is 14.3 Å². The highest BCUT2D eigenvalue weighted by Gasteiger charge is 2.57. The van der Waals surface area contributed by atoms with Crippen molar-refractivity contribution in [2.45, 2.75) is 57.2 Å². The molecular formula is C15H22N2O7Si. The van der Waals surface area contributed by atoms with Crippen molar-refractivity contribution in [3.05, 3.63) is 33.1 Å². The maximum atomic E-state index is 12.9. The predicted octanol–water partition coefficient (Wildman–Crippen LogP) is 0.612. The van der Waals surface area contributed by atoms with Crippen molar-refractivity contribution in [2.75, 3.05) is 6.61 Å². The van der Waals surface area contributed by atoms with Crippen LogP contribution in [0.3, 0.4) is 0 Å². The molecule has 1 aromatic rings. The first kappa shape index (κ1) is 18.2. The fourth-order valence-corrected chi connectivity index (χ4v) is 6.46. The number of ketones is 1. The number of aromatic amines is 1. The SMILES string of the molecule is CC(C)[Si]1(C(C)C)OOC[C@H]2O[C@@H](n3ccc(=O)[nH]c3=O)C(=O)[C@@H]2O1. The van der Waals surface area contributed by atoms with Gasteiger partial charge in [-0.1, -0.05) is 27.7 Å². The number of carbonyl (C=O) groups excluding carboxylic acids is 1. The molecule has 9 nitrogen and oxygen atoms in total. The Kier molecular flexibility index (Phi) is 4.82. The topological polar surface area (TPSA) is 109 Å². The normalized spacial score (nSPS) is 29.0. The van der Waals surface area contributed by atoms with Crippen LogP contribution >= 0.6 is 0 Å². The number of carbonyl (C=O) groups is 1. The van der Waals surface area contributed by atoms with E-state index >= 15 is 0 Å². The van der Waals surface area contributed by atoms with Crippen LogP contribution in [-0.4, -0.2) is 42.7 Å². The summed E-state index contributed by atoms with van der Waals surface area (Å²) in [5.41, 5.74) is -1.15. The zero-order valence-electron chi connectivity index (χ0n) is 14.6. The molecule has 3 rings (SSSR count). The van der Waals surface area contributed by atoms with Crippen LogP contribution in [0, 0.1) is 0 Å². The van der Waals surface area contributed by atoms with Crippen molar-refractivity contribution in [3.8, 4) is 0 Å². The van der Waals surface area contributed by atoms with E-state index in [1.54, 1.807) is 0 Å². The minimum atomic E-state index is -2.84. The van der Waals surface area contributed by atoms with Gasteiger partial charge in [-0.15, -0.1) is 0 Å². The molecule has 25 heavy (non-hydrogen) atoms. The zero-order chi connectivity index (χ0) is 18.4. The number of nitrogens with zero attached hydrogens (tertiary/aromatic N) is 1. The van der Waals surface area contributed by atoms with E-state index in [4.69, 9.17) is 18.6 Å². The van der Waals surface area contributed by atoms with Gasteiger partial charge in [-0.05, 0) is 11.1 Å². The molecule has 0 unspecified atom stereocenters. The summed E-state index contributed by atoms with van der Waals surface area (Å²) in [4.78, 5) is 43.5. The molecule has 10 heteroatoms. The average molecular weight is 370 g/mol. The Morgan fingerprint density at radius 2 is 1.88 bits per heavy atom. The highest BCUT2D eigenvalue weighted by Crippen LogP contribution is 2.41. The summed E-state index contributed by atoms with van der Waals surface area (Å²) in [5.74, 6) is -0.383. The van der Waals surface area contributed by atoms with Gasteiger partial charge in [0, 0.05) is 12.3 Å². The van der Waals surface area contributed by atoms with Gasteiger partial charge in [-0.3, -0.25) is 23.7 Å². The van der Waals surface area contributed by atoms with E-state index in [1.807, 2.05) is 27.7 Å². The summed E-state index contributed by atoms with van der Waals surface area (Å²) >= 11 is 0. The first-order valence-electron chi connectivity index (χ1n) is 8.25. The Morgan fingerprint density at radius 1 is 1.20 bits per heavy atom. The Hall–Kier alpha value is -1.59. The van der Waals surface area contributed by atoms with E-state index < -0.39 is 38.2 Å². The van der Waals surface area contributed by atoms with E-state index in [-0.39, 0.29) is 23.5 Å². The van der Waals surface area contributed by atoms with E-state index in [9.17, 15) is 14.4 Å². The third kappa shape index (κ3) is 3.04. The van der Waals surface area contributed by atoms with Crippen LogP contribution in [0.15, 0.2) is 21.9 Å². The molecule has 2 aliphatic rings. The molecule has 0 amide bonds. The second-order valence-electron chi connectivity index (χ2n) is 6.88. The van der Waals surface area contributed by atoms with Crippen molar-refractivity contribution in [1.82, 2.24) is 9.55 Å². The van der Waals surface area contributed by atoms with Crippen molar-refractivity contribution < 1.29 is 23.4 Å². The minimum Gasteiger partial charge on any atom is -0.379 e. The standard InChI is InChI=1S/C15H22N2O7Si/c1-8(2)25(9(3)4)23-13-10(7-21-24-25)22-14(12(13)19)17-6-5-11(18)16-15(17)20/h5-6,8-10,13-14H,7H2,1-4H3,(H,16,18,20)/t10-,13-,14-/m1/s1. The van der Waals surface area contributed by atoms with Crippen molar-refractivity contribution in [1.29, 1.82) is 0 Å². The van der Waals surface area contributed by atoms with Crippen LogP contribution in [0.1, 0.15) is 33.9 Å². The fourth-order valence-electron chi connectivity index (χ4n) is 3.25. The predicted molar refractivity (Wildman–Crippen MR) is 88.1 cm³/mol. The quantitative estimate of drug-likeness (QED) is 0.613. The molecule has 3 heterocycles. The molecule has 2 aliphatic heterocycles. The van der Waals surface area contributed by atoms with Gasteiger partial charge in [0.1, 0.15) is 18.8 Å². The van der Waals surface area contributed by atoms with Gasteiger partial charge in [0.25, 0.3) is 5.56 Å². The summed E-state index contributed by atoms with van der Waals surface area (Å²) in [6.45, 7) is 7.92. The monoisotopic (exact) mass is 370 g/mol. The van der Waals surface area contributed by atoms with Crippen LogP contribution in [0.4, 0.5) is 0 Å². The molecule has 0 spiro atoms. The third-order valence-corrected chi connectivity index (χ3v) is 8.83. The Morgan fingerprint density at radius 3 is 2.48 bits per heavy atom. The van der Waals surface area contributed by atoms with Gasteiger partial charge in [0.05, 0.1) is 0 Å². The summed E-state index contributed by atoms with van der Waals surface area (Å²) in [6, 6.07) is 1.16. The molecule has 0 aromatic carbocycles. The smallest absolute Gasteiger partial charge is 0.379 e. The maximum Gasteiger partial charge on any atom is 0.380 e. The van der Waals surface area contributed by atoms with Gasteiger partial charge < -0.3 is 9.16 Å². The van der Waals surface area contributed by atoms with Crippen LogP contribution in [0.2, 0.25) is 11.1 Å². The Balaban J connectivity index is 1.94. The zero-order valence-corrected chi connectivity index (χ0v) is 15.6. The summed E-state index contributed by atoms with van der Waals surface area (Å²) in [7, 11) is -2.84. The molecule has 0 saturated carbocycles. The van der Waals surface area contributed by atoms with E-state index in [0.29, 0.717) is 0 Å². The maximum absolute atomic E-state index is 12.9. The number of ether oxygens (including phenoxy) is 1. The number of nitrogens with one attached hydrogen (secondary N) is 1. The number of H-pyrrole nitrogens is 1. The molecule has 1 N–H and O–H groups in total. The van der Waals surface area contributed by atoms with Crippen LogP contribution in [0.25, 0.3) is 0 Å². The highest BCUT2D eigenvalue weighted by molar-refractivity contribution is 6.70. The molecule has 1 aromatic heterocycles. The second-order valence-corrected chi connectivity index (χ2v) is 11.0. The van der Waals surface area contributed by atoms with E-state index in [2.05, 4.69) is 4.98 Å². The van der Waals surface area contributed by atoms with Gasteiger partial charge in [-0.2, -0.15) is 0 Å². The number of Topliss-reactive ketones (excluding diaryl/α,β-unsaturated/α-hetero) is 1. The Bertz CT molecular complexity index is 764. The summed E-state index contributed by atoms with van der Waals surface area (Å²) < 4.78 is 18.6. The molecule has 138 valence electrons. The number of hydrogen-bond donors (Lipinski definition) is 1. The summed E-state index contributed by atoms with van der Waals surface area (Å²) in [5, 5.41) is 0. The largest absolute Gasteiger partial charge is 0.380 e. The number of hydrogen-bond acceptors (Lipinski definition) is 7. The molecular weight excluding hydrogens is 348 g/mol. The molecule has 0 radical (unpaired) electrons.